The molecule has 0 atom stereocenters. The lowest BCUT2D eigenvalue weighted by Crippen LogP contribution is -2.30. The number of rotatable bonds is 5. The van der Waals surface area contributed by atoms with Crippen LogP contribution < -0.4 is 4.31 Å². The van der Waals surface area contributed by atoms with Crippen molar-refractivity contribution in [3.05, 3.63) is 93.5 Å². The van der Waals surface area contributed by atoms with E-state index in [1.807, 2.05) is 32.0 Å². The molecule has 0 radical (unpaired) electrons. The third-order valence-electron chi connectivity index (χ3n) is 4.14. The third kappa shape index (κ3) is 4.46. The van der Waals surface area contributed by atoms with Gasteiger partial charge in [0.1, 0.15) is 0 Å². The summed E-state index contributed by atoms with van der Waals surface area (Å²) >= 11 is 12.1. The molecule has 3 aromatic rings. The molecule has 0 fully saturated rings. The molecule has 3 nitrogen and oxygen atoms in total. The second kappa shape index (κ2) is 7.93. The van der Waals surface area contributed by atoms with E-state index in [-0.39, 0.29) is 11.4 Å². The zero-order valence-electron chi connectivity index (χ0n) is 15.0. The van der Waals surface area contributed by atoms with Crippen LogP contribution in [0.15, 0.2) is 71.6 Å². The molecular formula is C21H19Cl2NO2S. The molecule has 0 aromatic heterocycles. The number of benzene rings is 3. The highest BCUT2D eigenvalue weighted by atomic mass is 35.5. The summed E-state index contributed by atoms with van der Waals surface area (Å²) in [5.74, 6) is 0. The van der Waals surface area contributed by atoms with Gasteiger partial charge in [-0.1, -0.05) is 53.5 Å². The molecule has 0 spiro atoms. The fourth-order valence-corrected chi connectivity index (χ4v) is 4.71. The van der Waals surface area contributed by atoms with Crippen LogP contribution >= 0.6 is 23.2 Å². The average molecular weight is 420 g/mol. The number of sulfonamides is 1. The van der Waals surface area contributed by atoms with Crippen LogP contribution in [-0.4, -0.2) is 8.42 Å². The minimum atomic E-state index is -3.75. The van der Waals surface area contributed by atoms with Crippen molar-refractivity contribution in [2.75, 3.05) is 4.31 Å². The van der Waals surface area contributed by atoms with Gasteiger partial charge in [0.05, 0.1) is 27.2 Å². The normalized spacial score (nSPS) is 11.4. The largest absolute Gasteiger partial charge is 0.264 e. The molecular weight excluding hydrogens is 401 g/mol. The Kier molecular flexibility index (Phi) is 5.80. The van der Waals surface area contributed by atoms with Gasteiger partial charge in [0.2, 0.25) is 0 Å². The minimum absolute atomic E-state index is 0.150. The zero-order chi connectivity index (χ0) is 19.6. The Morgan fingerprint density at radius 2 is 1.44 bits per heavy atom. The molecule has 3 aromatic carbocycles. The first-order chi connectivity index (χ1) is 12.8. The monoisotopic (exact) mass is 419 g/mol. The van der Waals surface area contributed by atoms with Crippen LogP contribution in [0.5, 0.6) is 0 Å². The van der Waals surface area contributed by atoms with Crippen molar-refractivity contribution in [2.45, 2.75) is 25.3 Å². The summed E-state index contributed by atoms with van der Waals surface area (Å²) in [5.41, 5.74) is 3.35. The molecule has 6 heteroatoms. The van der Waals surface area contributed by atoms with Crippen molar-refractivity contribution in [3.8, 4) is 0 Å². The van der Waals surface area contributed by atoms with E-state index < -0.39 is 10.0 Å². The van der Waals surface area contributed by atoms with Crippen LogP contribution in [0.3, 0.4) is 0 Å². The van der Waals surface area contributed by atoms with Gasteiger partial charge in [-0.3, -0.25) is 4.31 Å². The highest BCUT2D eigenvalue weighted by Crippen LogP contribution is 2.29. The molecule has 140 valence electrons. The third-order valence-corrected chi connectivity index (χ3v) is 6.66. The van der Waals surface area contributed by atoms with Gasteiger partial charge in [-0.2, -0.15) is 0 Å². The lowest BCUT2D eigenvalue weighted by molar-refractivity contribution is 0.590. The molecule has 0 saturated heterocycles. The number of hydrogen-bond donors (Lipinski definition) is 0. The van der Waals surface area contributed by atoms with Crippen LogP contribution in [0.25, 0.3) is 0 Å². The standard InChI is InChI=1S/C21H19Cl2NO2S/c1-15-10-16(2)12-18(11-15)24(14-17-8-9-20(22)21(23)13-17)27(25,26)19-6-4-3-5-7-19/h3-13H,14H2,1-2H3. The highest BCUT2D eigenvalue weighted by Gasteiger charge is 2.25. The van der Waals surface area contributed by atoms with Gasteiger partial charge < -0.3 is 0 Å². The molecule has 0 amide bonds. The highest BCUT2D eigenvalue weighted by molar-refractivity contribution is 7.92. The molecule has 0 saturated carbocycles. The van der Waals surface area contributed by atoms with Gasteiger partial charge in [0, 0.05) is 0 Å². The smallest absolute Gasteiger partial charge is 0.262 e. The fraction of sp³-hybridized carbons (Fsp3) is 0.143. The van der Waals surface area contributed by atoms with E-state index in [4.69, 9.17) is 23.2 Å². The lowest BCUT2D eigenvalue weighted by atomic mass is 10.1. The van der Waals surface area contributed by atoms with E-state index in [2.05, 4.69) is 0 Å². The maximum absolute atomic E-state index is 13.4. The van der Waals surface area contributed by atoms with E-state index in [1.54, 1.807) is 48.5 Å². The van der Waals surface area contributed by atoms with Gasteiger partial charge >= 0.3 is 0 Å². The van der Waals surface area contributed by atoms with Crippen molar-refractivity contribution >= 4 is 38.9 Å². The summed E-state index contributed by atoms with van der Waals surface area (Å²) < 4.78 is 28.2. The van der Waals surface area contributed by atoms with E-state index in [9.17, 15) is 8.42 Å². The second-order valence-electron chi connectivity index (χ2n) is 6.42. The summed E-state index contributed by atoms with van der Waals surface area (Å²) in [7, 11) is -3.75. The first-order valence-electron chi connectivity index (χ1n) is 8.37. The SMILES string of the molecule is Cc1cc(C)cc(N(Cc2ccc(Cl)c(Cl)c2)S(=O)(=O)c2ccccc2)c1. The number of hydrogen-bond acceptors (Lipinski definition) is 2. The van der Waals surface area contributed by atoms with Crippen LogP contribution in [0.2, 0.25) is 10.0 Å². The van der Waals surface area contributed by atoms with Gasteiger partial charge in [-0.15, -0.1) is 0 Å². The average Bonchev–Trinajstić information content (AvgIpc) is 2.62. The number of nitrogens with zero attached hydrogens (tertiary/aromatic N) is 1. The molecule has 0 bridgehead atoms. The molecule has 3 rings (SSSR count). The second-order valence-corrected chi connectivity index (χ2v) is 9.10. The van der Waals surface area contributed by atoms with E-state index in [0.717, 1.165) is 16.7 Å². The van der Waals surface area contributed by atoms with Crippen LogP contribution in [0, 0.1) is 13.8 Å². The summed E-state index contributed by atoms with van der Waals surface area (Å²) in [5, 5.41) is 0.830. The van der Waals surface area contributed by atoms with Gasteiger partial charge in [-0.05, 0) is 66.9 Å². The molecule has 0 heterocycles. The molecule has 0 unspecified atom stereocenters. The Bertz CT molecular complexity index is 1050. The van der Waals surface area contributed by atoms with Crippen molar-refractivity contribution in [1.29, 1.82) is 0 Å². The predicted octanol–water partition coefficient (Wildman–Crippen LogP) is 6.01. The molecule has 0 aliphatic rings. The Labute approximate surface area is 170 Å². The van der Waals surface area contributed by atoms with Crippen molar-refractivity contribution < 1.29 is 8.42 Å². The maximum atomic E-state index is 13.4. The first kappa shape index (κ1) is 19.7. The van der Waals surface area contributed by atoms with Gasteiger partial charge in [0.25, 0.3) is 10.0 Å². The van der Waals surface area contributed by atoms with Crippen molar-refractivity contribution in [1.82, 2.24) is 0 Å². The topological polar surface area (TPSA) is 37.4 Å². The number of aryl methyl sites for hydroxylation is 2. The van der Waals surface area contributed by atoms with Crippen molar-refractivity contribution in [3.63, 3.8) is 0 Å². The Hall–Kier alpha value is -2.01. The minimum Gasteiger partial charge on any atom is -0.262 e. The summed E-state index contributed by atoms with van der Waals surface area (Å²) in [6.07, 6.45) is 0. The Balaban J connectivity index is 2.12. The fourth-order valence-electron chi connectivity index (χ4n) is 2.93. The van der Waals surface area contributed by atoms with E-state index in [1.165, 1.54) is 4.31 Å². The Morgan fingerprint density at radius 1 is 0.815 bits per heavy atom. The predicted molar refractivity (Wildman–Crippen MR) is 112 cm³/mol. The van der Waals surface area contributed by atoms with E-state index in [0.29, 0.717) is 15.7 Å². The molecule has 0 aliphatic carbocycles. The first-order valence-corrected chi connectivity index (χ1v) is 10.6. The van der Waals surface area contributed by atoms with Crippen LogP contribution in [-0.2, 0) is 16.6 Å². The van der Waals surface area contributed by atoms with Crippen LogP contribution in [0.1, 0.15) is 16.7 Å². The van der Waals surface area contributed by atoms with E-state index >= 15 is 0 Å². The lowest BCUT2D eigenvalue weighted by Gasteiger charge is -2.25. The van der Waals surface area contributed by atoms with Crippen molar-refractivity contribution in [2.24, 2.45) is 0 Å². The van der Waals surface area contributed by atoms with Crippen LogP contribution in [0.4, 0.5) is 5.69 Å². The van der Waals surface area contributed by atoms with Gasteiger partial charge in [-0.25, -0.2) is 8.42 Å². The number of halogens is 2. The molecule has 0 N–H and O–H groups in total. The van der Waals surface area contributed by atoms with Gasteiger partial charge in [0.15, 0.2) is 0 Å². The Morgan fingerprint density at radius 3 is 2.04 bits per heavy atom. The number of anilines is 1. The summed E-state index contributed by atoms with van der Waals surface area (Å²) in [6.45, 7) is 4.04. The quantitative estimate of drug-likeness (QED) is 0.507. The summed E-state index contributed by atoms with van der Waals surface area (Å²) in [6, 6.07) is 19.3. The zero-order valence-corrected chi connectivity index (χ0v) is 17.3. The molecule has 27 heavy (non-hydrogen) atoms. The maximum Gasteiger partial charge on any atom is 0.264 e. The molecule has 0 aliphatic heterocycles. The summed E-state index contributed by atoms with van der Waals surface area (Å²) in [4.78, 5) is 0.240.